The molecule has 3 aliphatic rings. The molecule has 0 radical (unpaired) electrons. The number of nitrogens with zero attached hydrogens (tertiary/aromatic N) is 1. The molecule has 2 amide bonds. The number of rotatable bonds is 7. The van der Waals surface area contributed by atoms with E-state index in [1.54, 1.807) is 0 Å². The summed E-state index contributed by atoms with van der Waals surface area (Å²) >= 11 is 0. The summed E-state index contributed by atoms with van der Waals surface area (Å²) in [6, 6.07) is 6.13. The first kappa shape index (κ1) is 24.8. The van der Waals surface area contributed by atoms with Crippen molar-refractivity contribution in [2.75, 3.05) is 32.8 Å². The first-order valence-electron chi connectivity index (χ1n) is 13.2. The van der Waals surface area contributed by atoms with Crippen molar-refractivity contribution < 1.29 is 19.1 Å². The summed E-state index contributed by atoms with van der Waals surface area (Å²) < 4.78 is 11.6. The first-order valence-corrected chi connectivity index (χ1v) is 13.2. The molecular formula is C27H41N3O4. The van der Waals surface area contributed by atoms with Crippen molar-refractivity contribution in [2.24, 2.45) is 11.8 Å². The van der Waals surface area contributed by atoms with Gasteiger partial charge in [0.2, 0.25) is 11.8 Å². The normalized spacial score (nSPS) is 21.0. The van der Waals surface area contributed by atoms with Gasteiger partial charge in [0, 0.05) is 31.5 Å². The van der Waals surface area contributed by atoms with Crippen LogP contribution in [0.4, 0.5) is 0 Å². The number of likely N-dealkylation sites (tertiary alicyclic amines) is 1. The minimum Gasteiger partial charge on any atom is -0.490 e. The topological polar surface area (TPSA) is 79.9 Å². The van der Waals surface area contributed by atoms with Crippen molar-refractivity contribution in [3.05, 3.63) is 23.8 Å². The molecule has 7 nitrogen and oxygen atoms in total. The van der Waals surface area contributed by atoms with Crippen molar-refractivity contribution in [3.8, 4) is 11.5 Å². The van der Waals surface area contributed by atoms with E-state index in [1.807, 2.05) is 18.2 Å². The Morgan fingerprint density at radius 2 is 1.68 bits per heavy atom. The Morgan fingerprint density at radius 3 is 2.38 bits per heavy atom. The fourth-order valence-electron chi connectivity index (χ4n) is 5.35. The number of ether oxygens (including phenoxy) is 2. The lowest BCUT2D eigenvalue weighted by molar-refractivity contribution is -0.127. The van der Waals surface area contributed by atoms with Gasteiger partial charge in [-0.3, -0.25) is 14.5 Å². The number of carbonyl (C=O) groups excluding carboxylic acids is 2. The lowest BCUT2D eigenvalue weighted by Crippen LogP contribution is -2.49. The zero-order valence-corrected chi connectivity index (χ0v) is 20.8. The fourth-order valence-corrected chi connectivity index (χ4v) is 5.35. The van der Waals surface area contributed by atoms with Crippen LogP contribution in [0.3, 0.4) is 0 Å². The van der Waals surface area contributed by atoms with E-state index >= 15 is 0 Å². The zero-order chi connectivity index (χ0) is 23.9. The quantitative estimate of drug-likeness (QED) is 0.632. The minimum atomic E-state index is -0.0861. The van der Waals surface area contributed by atoms with Gasteiger partial charge in [-0.2, -0.15) is 0 Å². The Morgan fingerprint density at radius 1 is 0.971 bits per heavy atom. The van der Waals surface area contributed by atoms with Crippen molar-refractivity contribution in [1.29, 1.82) is 0 Å². The molecule has 1 saturated carbocycles. The maximum atomic E-state index is 12.9. The van der Waals surface area contributed by atoms with E-state index in [4.69, 9.17) is 9.47 Å². The maximum absolute atomic E-state index is 12.9. The molecule has 1 saturated heterocycles. The Kier molecular flexibility index (Phi) is 8.70. The summed E-state index contributed by atoms with van der Waals surface area (Å²) in [4.78, 5) is 27.7. The zero-order valence-electron chi connectivity index (χ0n) is 20.8. The van der Waals surface area contributed by atoms with Crippen molar-refractivity contribution in [3.63, 3.8) is 0 Å². The van der Waals surface area contributed by atoms with Gasteiger partial charge in [-0.25, -0.2) is 0 Å². The molecular weight excluding hydrogens is 430 g/mol. The van der Waals surface area contributed by atoms with Crippen LogP contribution >= 0.6 is 0 Å². The van der Waals surface area contributed by atoms with E-state index in [-0.39, 0.29) is 35.7 Å². The highest BCUT2D eigenvalue weighted by Gasteiger charge is 2.27. The predicted octanol–water partition coefficient (Wildman–Crippen LogP) is 3.82. The van der Waals surface area contributed by atoms with Crippen LogP contribution < -0.4 is 20.1 Å². The molecule has 1 aliphatic carbocycles. The predicted molar refractivity (Wildman–Crippen MR) is 132 cm³/mol. The molecule has 7 heteroatoms. The lowest BCUT2D eigenvalue weighted by atomic mass is 9.88. The SMILES string of the molecule is CC(C)C(NC(=O)CN1CCC(NC(=O)C2CCCCC2)CC1)c1ccc2c(c1)OCCCO2. The molecule has 2 heterocycles. The maximum Gasteiger partial charge on any atom is 0.234 e. The Bertz CT molecular complexity index is 829. The van der Waals surface area contributed by atoms with E-state index < -0.39 is 0 Å². The number of benzene rings is 1. The van der Waals surface area contributed by atoms with Crippen LogP contribution in [0.25, 0.3) is 0 Å². The molecule has 0 bridgehead atoms. The summed E-state index contributed by atoms with van der Waals surface area (Å²) in [5.74, 6) is 2.26. The van der Waals surface area contributed by atoms with Gasteiger partial charge in [0.15, 0.2) is 11.5 Å². The van der Waals surface area contributed by atoms with Gasteiger partial charge in [0.25, 0.3) is 0 Å². The molecule has 0 aromatic heterocycles. The number of hydrogen-bond acceptors (Lipinski definition) is 5. The molecule has 4 rings (SSSR count). The standard InChI is InChI=1S/C27H41N3O4/c1-19(2)26(21-9-10-23-24(17-21)34-16-6-15-33-23)29-25(31)18-30-13-11-22(12-14-30)28-27(32)20-7-4-3-5-8-20/h9-10,17,19-20,22,26H,3-8,11-16,18H2,1-2H3,(H,28,32)(H,29,31). The van der Waals surface area contributed by atoms with Crippen molar-refractivity contribution in [2.45, 2.75) is 77.3 Å². The van der Waals surface area contributed by atoms with Gasteiger partial charge in [0.1, 0.15) is 0 Å². The second-order valence-corrected chi connectivity index (χ2v) is 10.4. The van der Waals surface area contributed by atoms with Crippen LogP contribution in [0.5, 0.6) is 11.5 Å². The van der Waals surface area contributed by atoms with Crippen molar-refractivity contribution in [1.82, 2.24) is 15.5 Å². The van der Waals surface area contributed by atoms with Gasteiger partial charge in [-0.1, -0.05) is 39.2 Å². The largest absolute Gasteiger partial charge is 0.490 e. The second-order valence-electron chi connectivity index (χ2n) is 10.4. The number of hydrogen-bond donors (Lipinski definition) is 2. The summed E-state index contributed by atoms with van der Waals surface area (Å²) in [6.45, 7) is 7.60. The Balaban J connectivity index is 1.25. The third-order valence-corrected chi connectivity index (χ3v) is 7.39. The van der Waals surface area contributed by atoms with E-state index in [0.717, 1.165) is 62.3 Å². The van der Waals surface area contributed by atoms with E-state index in [9.17, 15) is 9.59 Å². The van der Waals surface area contributed by atoms with Crippen molar-refractivity contribution >= 4 is 11.8 Å². The van der Waals surface area contributed by atoms with E-state index in [0.29, 0.717) is 19.8 Å². The first-order chi connectivity index (χ1) is 16.5. The lowest BCUT2D eigenvalue weighted by Gasteiger charge is -2.33. The average molecular weight is 472 g/mol. The van der Waals surface area contributed by atoms with Crippen LogP contribution in [0.1, 0.15) is 76.8 Å². The molecule has 1 atom stereocenters. The monoisotopic (exact) mass is 471 g/mol. The summed E-state index contributed by atoms with van der Waals surface area (Å²) in [6.07, 6.45) is 8.36. The summed E-state index contributed by atoms with van der Waals surface area (Å²) in [5, 5.41) is 6.51. The van der Waals surface area contributed by atoms with Crippen LogP contribution in [0, 0.1) is 11.8 Å². The third kappa shape index (κ3) is 6.65. The van der Waals surface area contributed by atoms with Gasteiger partial charge in [0.05, 0.1) is 25.8 Å². The highest BCUT2D eigenvalue weighted by atomic mass is 16.5. The number of fused-ring (bicyclic) bond motifs is 1. The summed E-state index contributed by atoms with van der Waals surface area (Å²) in [5.41, 5.74) is 1.04. The number of piperidine rings is 1. The highest BCUT2D eigenvalue weighted by molar-refractivity contribution is 5.79. The Hall–Kier alpha value is -2.28. The van der Waals surface area contributed by atoms with Crippen LogP contribution in [-0.4, -0.2) is 55.6 Å². The van der Waals surface area contributed by atoms with Gasteiger partial charge in [-0.05, 0) is 49.3 Å². The molecule has 2 aliphatic heterocycles. The van der Waals surface area contributed by atoms with E-state index in [1.165, 1.54) is 19.3 Å². The highest BCUT2D eigenvalue weighted by Crippen LogP contribution is 2.34. The van der Waals surface area contributed by atoms with Gasteiger partial charge < -0.3 is 20.1 Å². The average Bonchev–Trinajstić information content (AvgIpc) is 3.09. The molecule has 1 aromatic carbocycles. The summed E-state index contributed by atoms with van der Waals surface area (Å²) in [7, 11) is 0. The van der Waals surface area contributed by atoms with Crippen LogP contribution in [0.2, 0.25) is 0 Å². The minimum absolute atomic E-state index is 0.0375. The Labute approximate surface area is 203 Å². The van der Waals surface area contributed by atoms with Gasteiger partial charge >= 0.3 is 0 Å². The second kappa shape index (κ2) is 11.9. The smallest absolute Gasteiger partial charge is 0.234 e. The molecule has 1 unspecified atom stereocenters. The van der Waals surface area contributed by atoms with Crippen LogP contribution in [0.15, 0.2) is 18.2 Å². The number of carbonyl (C=O) groups is 2. The molecule has 2 fully saturated rings. The van der Waals surface area contributed by atoms with E-state index in [2.05, 4.69) is 29.4 Å². The van der Waals surface area contributed by atoms with Crippen LogP contribution in [-0.2, 0) is 9.59 Å². The molecule has 2 N–H and O–H groups in total. The fraction of sp³-hybridized carbons (Fsp3) is 0.704. The molecule has 188 valence electrons. The number of amides is 2. The number of nitrogens with one attached hydrogen (secondary N) is 2. The van der Waals surface area contributed by atoms with Gasteiger partial charge in [-0.15, -0.1) is 0 Å². The molecule has 34 heavy (non-hydrogen) atoms. The molecule has 0 spiro atoms. The molecule has 1 aromatic rings. The third-order valence-electron chi connectivity index (χ3n) is 7.39.